The highest BCUT2D eigenvalue weighted by Crippen LogP contribution is 2.77. The molecule has 0 aromatic heterocycles. The predicted molar refractivity (Wildman–Crippen MR) is 62.9 cm³/mol. The number of hydrogen-bond acceptors (Lipinski definition) is 8. The Balaban J connectivity index is 1.90. The quantitative estimate of drug-likeness (QED) is 0.684. The van der Waals surface area contributed by atoms with Crippen molar-refractivity contribution < 1.29 is 36.3 Å². The van der Waals surface area contributed by atoms with E-state index in [1.807, 2.05) is 0 Å². The molecule has 4 bridgehead atoms. The second-order valence-corrected chi connectivity index (χ2v) is 7.46. The zero-order valence-corrected chi connectivity index (χ0v) is 11.1. The summed E-state index contributed by atoms with van der Waals surface area (Å²) in [5.41, 5.74) is 0. The molecule has 4 heterocycles. The van der Waals surface area contributed by atoms with Crippen molar-refractivity contribution >= 4 is 26.4 Å². The van der Waals surface area contributed by atoms with Gasteiger partial charge in [-0.25, -0.2) is 0 Å². The molecule has 8 nitrogen and oxygen atoms in total. The average Bonchev–Trinajstić information content (AvgIpc) is 2.99. The van der Waals surface area contributed by atoms with Gasteiger partial charge in [-0.2, -0.15) is 9.13 Å². The number of rotatable bonds is 0. The minimum absolute atomic E-state index is 0.120. The second kappa shape index (κ2) is 2.45. The molecule has 0 saturated heterocycles. The van der Waals surface area contributed by atoms with Crippen LogP contribution in [0.15, 0.2) is 12.1 Å². The van der Waals surface area contributed by atoms with Gasteiger partial charge >= 0.3 is 15.6 Å². The van der Waals surface area contributed by atoms with Gasteiger partial charge in [0.15, 0.2) is 23.0 Å². The van der Waals surface area contributed by atoms with E-state index in [1.54, 1.807) is 12.1 Å². The molecule has 0 aliphatic carbocycles. The van der Waals surface area contributed by atoms with E-state index in [1.165, 1.54) is 0 Å². The molecule has 6 rings (SSSR count). The fourth-order valence-electron chi connectivity index (χ4n) is 2.72. The monoisotopic (exact) mass is 312 g/mol. The largest absolute Gasteiger partial charge is 0.647 e. The Bertz CT molecular complexity index is 979. The van der Waals surface area contributed by atoms with E-state index >= 15 is 0 Å². The van der Waals surface area contributed by atoms with Crippen LogP contribution in [-0.2, 0) is 9.13 Å². The third kappa shape index (κ3) is 0.846. The van der Waals surface area contributed by atoms with Gasteiger partial charge in [-0.1, -0.05) is 0 Å². The van der Waals surface area contributed by atoms with Gasteiger partial charge in [0.1, 0.15) is 0 Å². The van der Waals surface area contributed by atoms with Crippen LogP contribution >= 0.6 is 15.6 Å². The molecule has 0 amide bonds. The third-order valence-electron chi connectivity index (χ3n) is 3.44. The van der Waals surface area contributed by atoms with E-state index in [2.05, 4.69) is 0 Å². The third-order valence-corrected chi connectivity index (χ3v) is 5.89. The molecule has 0 spiro atoms. The molecule has 0 radical (unpaired) electrons. The van der Waals surface area contributed by atoms with Gasteiger partial charge in [-0.3, -0.25) is 0 Å². The summed E-state index contributed by atoms with van der Waals surface area (Å²) >= 11 is 0. The molecule has 0 saturated carbocycles. The van der Waals surface area contributed by atoms with Crippen molar-refractivity contribution in [2.75, 3.05) is 0 Å². The van der Waals surface area contributed by atoms with Crippen LogP contribution in [0.2, 0.25) is 0 Å². The molecule has 10 heteroatoms. The fraction of sp³-hybridized carbons (Fsp3) is 0. The number of fused-ring (bicyclic) bond motifs is 4. The van der Waals surface area contributed by atoms with E-state index in [0.29, 0.717) is 28.0 Å². The van der Waals surface area contributed by atoms with Crippen molar-refractivity contribution in [1.82, 2.24) is 0 Å². The normalized spacial score (nSPS) is 32.2. The second-order valence-electron chi connectivity index (χ2n) is 4.57. The van der Waals surface area contributed by atoms with Crippen molar-refractivity contribution in [3.63, 3.8) is 0 Å². The van der Waals surface area contributed by atoms with Crippen LogP contribution in [0.5, 0.6) is 34.5 Å². The number of phosphoric acid groups is 2. The molecule has 0 N–H and O–H groups in total. The van der Waals surface area contributed by atoms with Crippen LogP contribution in [-0.4, -0.2) is 0 Å². The van der Waals surface area contributed by atoms with Crippen molar-refractivity contribution in [2.45, 2.75) is 0 Å². The van der Waals surface area contributed by atoms with Crippen LogP contribution in [0, 0.1) is 0 Å². The molecule has 100 valence electrons. The molecule has 2 aromatic rings. The first kappa shape index (κ1) is 9.80. The predicted octanol–water partition coefficient (Wildman–Crippen LogP) is 3.38. The summed E-state index contributed by atoms with van der Waals surface area (Å²) < 4.78 is 55.6. The standard InChI is InChI=1S/C10H2O8P2/c11-19-13-4-2-1-3-5(7(4)15-19)8(16-19)10-9-6(3)14-20(12,17-9)18-10/h1-2H. The summed E-state index contributed by atoms with van der Waals surface area (Å²) in [5, 5.41) is 1.09. The summed E-state index contributed by atoms with van der Waals surface area (Å²) in [4.78, 5) is 0. The van der Waals surface area contributed by atoms with Crippen LogP contribution in [0.1, 0.15) is 0 Å². The molecule has 4 aliphatic heterocycles. The van der Waals surface area contributed by atoms with Crippen molar-refractivity contribution in [2.24, 2.45) is 0 Å². The molecule has 2 atom stereocenters. The minimum Gasteiger partial charge on any atom is -0.382 e. The topological polar surface area (TPSA) is 89.5 Å². The summed E-state index contributed by atoms with van der Waals surface area (Å²) in [6, 6.07) is 3.27. The number of phosphoric ester groups is 2. The molecular formula is C10H2O8P2. The number of hydrogen-bond donors (Lipinski definition) is 0. The summed E-state index contributed by atoms with van der Waals surface area (Å²) in [6.45, 7) is 0. The Hall–Kier alpha value is -2.04. The van der Waals surface area contributed by atoms with E-state index in [9.17, 15) is 9.13 Å². The maximum absolute atomic E-state index is 12.2. The molecule has 2 unspecified atom stereocenters. The Morgan fingerprint density at radius 3 is 2.10 bits per heavy atom. The lowest BCUT2D eigenvalue weighted by Gasteiger charge is -2.20. The van der Waals surface area contributed by atoms with Crippen LogP contribution in [0.3, 0.4) is 0 Å². The highest BCUT2D eigenvalue weighted by molar-refractivity contribution is 7.51. The molecule has 20 heavy (non-hydrogen) atoms. The Morgan fingerprint density at radius 2 is 1.25 bits per heavy atom. The smallest absolute Gasteiger partial charge is 0.382 e. The van der Waals surface area contributed by atoms with E-state index in [0.717, 1.165) is 0 Å². The van der Waals surface area contributed by atoms with E-state index < -0.39 is 15.6 Å². The van der Waals surface area contributed by atoms with Crippen LogP contribution in [0.4, 0.5) is 0 Å². The zero-order valence-electron chi connectivity index (χ0n) is 9.32. The summed E-state index contributed by atoms with van der Waals surface area (Å²) in [6.07, 6.45) is 0. The van der Waals surface area contributed by atoms with Gasteiger partial charge in [0.25, 0.3) is 0 Å². The molecular weight excluding hydrogens is 310 g/mol. The maximum atomic E-state index is 12.2. The molecule has 0 fully saturated rings. The first-order valence-corrected chi connectivity index (χ1v) is 8.52. The zero-order chi connectivity index (χ0) is 13.3. The lowest BCUT2D eigenvalue weighted by atomic mass is 10.1. The first-order valence-electron chi connectivity index (χ1n) is 5.60. The highest BCUT2D eigenvalue weighted by Gasteiger charge is 2.57. The Morgan fingerprint density at radius 1 is 0.650 bits per heavy atom. The SMILES string of the molecule is O=P12Oc3c(c4c5c6c(ccc5c3O1)OP(=O)(O6)O4)O2. The van der Waals surface area contributed by atoms with E-state index in [4.69, 9.17) is 27.1 Å². The number of benzene rings is 2. The van der Waals surface area contributed by atoms with Crippen LogP contribution in [0.25, 0.3) is 10.8 Å². The van der Waals surface area contributed by atoms with Gasteiger partial charge in [0.05, 0.1) is 5.39 Å². The minimum atomic E-state index is -3.74. The first-order chi connectivity index (χ1) is 9.55. The van der Waals surface area contributed by atoms with Crippen molar-refractivity contribution in [1.29, 1.82) is 0 Å². The summed E-state index contributed by atoms with van der Waals surface area (Å²) in [7, 11) is -7.40. The Kier molecular flexibility index (Phi) is 1.20. The van der Waals surface area contributed by atoms with Crippen LogP contribution < -0.4 is 27.1 Å². The summed E-state index contributed by atoms with van der Waals surface area (Å²) in [5.74, 6) is 1.43. The fourth-order valence-corrected chi connectivity index (χ4v) is 5.31. The van der Waals surface area contributed by atoms with Gasteiger partial charge in [-0.05, 0) is 12.1 Å². The average molecular weight is 312 g/mol. The van der Waals surface area contributed by atoms with Crippen molar-refractivity contribution in [3.05, 3.63) is 12.1 Å². The lowest BCUT2D eigenvalue weighted by Crippen LogP contribution is -2.06. The van der Waals surface area contributed by atoms with Gasteiger partial charge in [-0.15, -0.1) is 0 Å². The van der Waals surface area contributed by atoms with Gasteiger partial charge in [0.2, 0.25) is 11.5 Å². The highest BCUT2D eigenvalue weighted by atomic mass is 31.2. The Labute approximate surface area is 110 Å². The van der Waals surface area contributed by atoms with Gasteiger partial charge in [0, 0.05) is 5.39 Å². The molecule has 4 aliphatic rings. The van der Waals surface area contributed by atoms with Gasteiger partial charge < -0.3 is 27.1 Å². The lowest BCUT2D eigenvalue weighted by molar-refractivity contribution is 0.316. The van der Waals surface area contributed by atoms with E-state index in [-0.39, 0.29) is 17.2 Å². The molecule has 2 aromatic carbocycles. The maximum Gasteiger partial charge on any atom is 0.647 e. The van der Waals surface area contributed by atoms with Crippen molar-refractivity contribution in [3.8, 4) is 34.5 Å².